The first-order valence-electron chi connectivity index (χ1n) is 5.47. The van der Waals surface area contributed by atoms with E-state index in [9.17, 15) is 0 Å². The van der Waals surface area contributed by atoms with Crippen LogP contribution < -0.4 is 5.32 Å². The van der Waals surface area contributed by atoms with Crippen molar-refractivity contribution in [1.82, 2.24) is 5.32 Å². The molecule has 0 radical (unpaired) electrons. The highest BCUT2D eigenvalue weighted by molar-refractivity contribution is 5.10. The van der Waals surface area contributed by atoms with Gasteiger partial charge in [0.1, 0.15) is 0 Å². The second-order valence-corrected chi connectivity index (χ2v) is 4.51. The Morgan fingerprint density at radius 1 is 1.21 bits per heavy atom. The Balaban J connectivity index is 1.74. The van der Waals surface area contributed by atoms with E-state index >= 15 is 0 Å². The number of fused-ring (bicyclic) bond motifs is 2. The van der Waals surface area contributed by atoms with Gasteiger partial charge in [-0.2, -0.15) is 0 Å². The maximum atomic E-state index is 8.90. The van der Waals surface area contributed by atoms with Gasteiger partial charge in [0.05, 0.1) is 19.3 Å². The van der Waals surface area contributed by atoms with E-state index in [0.717, 1.165) is 18.4 Å². The first-order valence-corrected chi connectivity index (χ1v) is 5.47. The van der Waals surface area contributed by atoms with Gasteiger partial charge in [-0.3, -0.25) is 0 Å². The van der Waals surface area contributed by atoms with Crippen molar-refractivity contribution in [1.29, 1.82) is 0 Å². The molecule has 0 aromatic heterocycles. The second-order valence-electron chi connectivity index (χ2n) is 4.51. The van der Waals surface area contributed by atoms with Gasteiger partial charge in [0.15, 0.2) is 0 Å². The summed E-state index contributed by atoms with van der Waals surface area (Å²) in [5.41, 5.74) is 0. The average Bonchev–Trinajstić information content (AvgIpc) is 2.80. The maximum absolute atomic E-state index is 8.90. The Labute approximate surface area is 84.8 Å². The zero-order chi connectivity index (χ0) is 9.97. The third-order valence-electron chi connectivity index (χ3n) is 3.53. The normalized spacial score (nSPS) is 34.6. The molecule has 1 fully saturated rings. The molecule has 3 heteroatoms. The van der Waals surface area contributed by atoms with Crippen LogP contribution in [0.25, 0.3) is 0 Å². The molecule has 0 aromatic rings. The number of allylic oxidation sites excluding steroid dienone is 2. The van der Waals surface area contributed by atoms with Crippen molar-refractivity contribution in [3.8, 4) is 0 Å². The summed E-state index contributed by atoms with van der Waals surface area (Å²) in [6, 6.07) is -0.141. The smallest absolute Gasteiger partial charge is 0.0607 e. The van der Waals surface area contributed by atoms with Crippen molar-refractivity contribution in [3.63, 3.8) is 0 Å². The molecule has 1 saturated carbocycles. The Bertz CT molecular complexity index is 213. The largest absolute Gasteiger partial charge is 0.395 e. The van der Waals surface area contributed by atoms with Crippen molar-refractivity contribution in [2.24, 2.45) is 17.8 Å². The Morgan fingerprint density at radius 3 is 2.50 bits per heavy atom. The van der Waals surface area contributed by atoms with Crippen molar-refractivity contribution in [2.75, 3.05) is 19.8 Å². The molecule has 14 heavy (non-hydrogen) atoms. The number of nitrogens with one attached hydrogen (secondary N) is 1. The lowest BCUT2D eigenvalue weighted by Gasteiger charge is -2.21. The Kier molecular flexibility index (Phi) is 3.21. The predicted octanol–water partition coefficient (Wildman–Crippen LogP) is 0.141. The zero-order valence-corrected chi connectivity index (χ0v) is 8.39. The third kappa shape index (κ3) is 2.00. The summed E-state index contributed by atoms with van der Waals surface area (Å²) in [5, 5.41) is 21.0. The van der Waals surface area contributed by atoms with Gasteiger partial charge < -0.3 is 15.5 Å². The summed E-state index contributed by atoms with van der Waals surface area (Å²) in [6.07, 6.45) is 7.25. The molecular formula is C11H19NO2. The van der Waals surface area contributed by atoms with Crippen LogP contribution in [-0.4, -0.2) is 36.0 Å². The fraction of sp³-hybridized carbons (Fsp3) is 0.818. The van der Waals surface area contributed by atoms with Crippen LogP contribution in [0, 0.1) is 17.8 Å². The van der Waals surface area contributed by atoms with E-state index in [0.29, 0.717) is 5.92 Å². The van der Waals surface area contributed by atoms with Crippen LogP contribution in [-0.2, 0) is 0 Å². The Morgan fingerprint density at radius 2 is 2.00 bits per heavy atom. The van der Waals surface area contributed by atoms with E-state index in [2.05, 4.69) is 17.5 Å². The molecule has 2 rings (SSSR count). The molecule has 2 bridgehead atoms. The van der Waals surface area contributed by atoms with Crippen molar-refractivity contribution in [2.45, 2.75) is 18.9 Å². The highest BCUT2D eigenvalue weighted by Gasteiger charge is 2.35. The maximum Gasteiger partial charge on any atom is 0.0607 e. The lowest BCUT2D eigenvalue weighted by Crippen LogP contribution is -2.39. The van der Waals surface area contributed by atoms with E-state index in [-0.39, 0.29) is 19.3 Å². The van der Waals surface area contributed by atoms with Gasteiger partial charge in [-0.05, 0) is 37.1 Å². The predicted molar refractivity (Wildman–Crippen MR) is 54.8 cm³/mol. The van der Waals surface area contributed by atoms with Gasteiger partial charge >= 0.3 is 0 Å². The molecule has 0 aliphatic heterocycles. The van der Waals surface area contributed by atoms with Crippen LogP contribution in [0.2, 0.25) is 0 Å². The number of hydrogen-bond acceptors (Lipinski definition) is 3. The first-order chi connectivity index (χ1) is 6.83. The molecule has 3 atom stereocenters. The van der Waals surface area contributed by atoms with Crippen molar-refractivity contribution < 1.29 is 10.2 Å². The quantitative estimate of drug-likeness (QED) is 0.550. The summed E-state index contributed by atoms with van der Waals surface area (Å²) in [4.78, 5) is 0. The van der Waals surface area contributed by atoms with Crippen LogP contribution in [0.15, 0.2) is 12.2 Å². The fourth-order valence-electron chi connectivity index (χ4n) is 2.63. The molecule has 0 spiro atoms. The molecule has 0 amide bonds. The molecule has 0 heterocycles. The SMILES string of the molecule is OCC(CO)NC[C@@H]1C[C@@H]2C=C[C@@H]1C2. The van der Waals surface area contributed by atoms with E-state index < -0.39 is 0 Å². The molecule has 0 saturated heterocycles. The monoisotopic (exact) mass is 197 g/mol. The van der Waals surface area contributed by atoms with Crippen LogP contribution in [0.1, 0.15) is 12.8 Å². The molecule has 3 N–H and O–H groups in total. The average molecular weight is 197 g/mol. The summed E-state index contributed by atoms with van der Waals surface area (Å²) in [5.74, 6) is 2.25. The number of aliphatic hydroxyl groups excluding tert-OH is 2. The van der Waals surface area contributed by atoms with Crippen LogP contribution in [0.4, 0.5) is 0 Å². The highest BCUT2D eigenvalue weighted by atomic mass is 16.3. The number of aliphatic hydroxyl groups is 2. The summed E-state index contributed by atoms with van der Waals surface area (Å²) >= 11 is 0. The lowest BCUT2D eigenvalue weighted by atomic mass is 9.93. The summed E-state index contributed by atoms with van der Waals surface area (Å²) < 4.78 is 0. The standard InChI is InChI=1S/C11H19NO2/c13-6-11(7-14)12-5-10-4-8-1-2-9(10)3-8/h1-2,8-14H,3-7H2/t8-,9-,10+/m1/s1. The van der Waals surface area contributed by atoms with Crippen LogP contribution >= 0.6 is 0 Å². The topological polar surface area (TPSA) is 52.5 Å². The van der Waals surface area contributed by atoms with Crippen LogP contribution in [0.3, 0.4) is 0 Å². The molecule has 0 aromatic carbocycles. The molecule has 2 aliphatic rings. The molecule has 3 nitrogen and oxygen atoms in total. The molecule has 80 valence electrons. The van der Waals surface area contributed by atoms with E-state index in [1.807, 2.05) is 0 Å². The van der Waals surface area contributed by atoms with Gasteiger partial charge in [0.25, 0.3) is 0 Å². The number of rotatable bonds is 5. The lowest BCUT2D eigenvalue weighted by molar-refractivity contribution is 0.165. The zero-order valence-electron chi connectivity index (χ0n) is 8.39. The molecule has 0 unspecified atom stereocenters. The fourth-order valence-corrected chi connectivity index (χ4v) is 2.63. The van der Waals surface area contributed by atoms with E-state index in [4.69, 9.17) is 10.2 Å². The van der Waals surface area contributed by atoms with E-state index in [1.54, 1.807) is 0 Å². The molecular weight excluding hydrogens is 178 g/mol. The summed E-state index contributed by atoms with van der Waals surface area (Å²) in [6.45, 7) is 0.970. The minimum absolute atomic E-state index is 0.0210. The third-order valence-corrected chi connectivity index (χ3v) is 3.53. The summed E-state index contributed by atoms with van der Waals surface area (Å²) in [7, 11) is 0. The molecule has 2 aliphatic carbocycles. The van der Waals surface area contributed by atoms with Gasteiger partial charge in [0, 0.05) is 0 Å². The van der Waals surface area contributed by atoms with Gasteiger partial charge in [-0.25, -0.2) is 0 Å². The van der Waals surface area contributed by atoms with Crippen molar-refractivity contribution in [3.05, 3.63) is 12.2 Å². The number of hydrogen-bond donors (Lipinski definition) is 3. The van der Waals surface area contributed by atoms with Crippen molar-refractivity contribution >= 4 is 0 Å². The van der Waals surface area contributed by atoms with Gasteiger partial charge in [-0.15, -0.1) is 0 Å². The minimum atomic E-state index is -0.141. The Hall–Kier alpha value is -0.380. The first kappa shape index (κ1) is 10.1. The minimum Gasteiger partial charge on any atom is -0.395 e. The van der Waals surface area contributed by atoms with Crippen LogP contribution in [0.5, 0.6) is 0 Å². The second kappa shape index (κ2) is 4.43. The van der Waals surface area contributed by atoms with Gasteiger partial charge in [0.2, 0.25) is 0 Å². The highest BCUT2D eigenvalue weighted by Crippen LogP contribution is 2.42. The van der Waals surface area contributed by atoms with Gasteiger partial charge in [-0.1, -0.05) is 12.2 Å². The van der Waals surface area contributed by atoms with E-state index in [1.165, 1.54) is 12.8 Å².